The maximum atomic E-state index is 6.10. The van der Waals surface area contributed by atoms with Crippen molar-refractivity contribution in [2.45, 2.75) is 19.3 Å². The van der Waals surface area contributed by atoms with Gasteiger partial charge in [0.1, 0.15) is 5.69 Å². The molecule has 0 atom stereocenters. The fourth-order valence-electron chi connectivity index (χ4n) is 2.75. The van der Waals surface area contributed by atoms with Gasteiger partial charge < -0.3 is 17.0 Å². The van der Waals surface area contributed by atoms with Crippen LogP contribution < -0.4 is 22.3 Å². The number of nitrogens with zero attached hydrogens (tertiary/aromatic N) is 1. The highest BCUT2D eigenvalue weighted by Gasteiger charge is 2.19. The first-order valence-electron chi connectivity index (χ1n) is 7.53. The van der Waals surface area contributed by atoms with Crippen molar-refractivity contribution < 1.29 is 21.6 Å². The molecular weight excluding hydrogens is 360 g/mol. The van der Waals surface area contributed by atoms with Crippen LogP contribution in [0.25, 0.3) is 0 Å². The molecule has 0 aromatic heterocycles. The van der Waals surface area contributed by atoms with Crippen LogP contribution in [0.2, 0.25) is 5.02 Å². The van der Waals surface area contributed by atoms with Gasteiger partial charge in [-0.05, 0) is 43.5 Å². The van der Waals surface area contributed by atoms with Crippen LogP contribution in [0.3, 0.4) is 0 Å². The predicted molar refractivity (Wildman–Crippen MR) is 89.5 cm³/mol. The molecule has 1 N–H and O–H groups in total. The minimum Gasteiger partial charge on any atom is -1.00 e. The topological polar surface area (TPSA) is 15.0 Å². The highest BCUT2D eigenvalue weighted by Crippen LogP contribution is 2.17. The number of hydrogen-bond donors (Lipinski definition) is 1. The molecule has 0 amide bonds. The van der Waals surface area contributed by atoms with Crippen molar-refractivity contribution >= 4 is 23.1 Å². The van der Waals surface area contributed by atoms with Gasteiger partial charge in [0.15, 0.2) is 0 Å². The zero-order valence-corrected chi connectivity index (χ0v) is 14.8. The zero-order chi connectivity index (χ0) is 14.5. The zero-order valence-electron chi connectivity index (χ0n) is 12.4. The lowest BCUT2D eigenvalue weighted by Crippen LogP contribution is -3.00. The smallest absolute Gasteiger partial charge is 0.282 e. The van der Waals surface area contributed by atoms with Gasteiger partial charge in [0.25, 0.3) is 5.84 Å². The van der Waals surface area contributed by atoms with Crippen molar-refractivity contribution in [1.82, 2.24) is 0 Å². The van der Waals surface area contributed by atoms with Gasteiger partial charge in [-0.1, -0.05) is 35.9 Å². The molecule has 4 heteroatoms. The number of nitrogens with one attached hydrogen (secondary N) is 1. The Labute approximate surface area is 147 Å². The largest absolute Gasteiger partial charge is 1.00 e. The van der Waals surface area contributed by atoms with Crippen molar-refractivity contribution in [2.75, 3.05) is 18.4 Å². The van der Waals surface area contributed by atoms with E-state index in [0.717, 1.165) is 23.8 Å². The summed E-state index contributed by atoms with van der Waals surface area (Å²) < 4.78 is 2.44. The van der Waals surface area contributed by atoms with Gasteiger partial charge in [0.05, 0.1) is 18.7 Å². The SMILES string of the molecule is Clc1cccc(NC(c2ccccc2)=[N+]2CCCCC2)c1.[Br-]. The molecule has 1 aliphatic rings. The predicted octanol–water partition coefficient (Wildman–Crippen LogP) is 1.40. The van der Waals surface area contributed by atoms with Gasteiger partial charge in [-0.15, -0.1) is 0 Å². The summed E-state index contributed by atoms with van der Waals surface area (Å²) in [7, 11) is 0. The molecule has 0 radical (unpaired) electrons. The average molecular weight is 380 g/mol. The number of amidine groups is 1. The summed E-state index contributed by atoms with van der Waals surface area (Å²) in [6.45, 7) is 2.22. The molecule has 1 heterocycles. The number of piperidine rings is 1. The fourth-order valence-corrected chi connectivity index (χ4v) is 2.94. The normalized spacial score (nSPS) is 14.1. The van der Waals surface area contributed by atoms with Crippen LogP contribution in [0.1, 0.15) is 24.8 Å². The monoisotopic (exact) mass is 378 g/mol. The van der Waals surface area contributed by atoms with Crippen LogP contribution in [0.5, 0.6) is 0 Å². The summed E-state index contributed by atoms with van der Waals surface area (Å²) in [6, 6.07) is 18.4. The van der Waals surface area contributed by atoms with E-state index in [4.69, 9.17) is 11.6 Å². The molecule has 1 saturated heterocycles. The summed E-state index contributed by atoms with van der Waals surface area (Å²) >= 11 is 6.10. The molecule has 0 unspecified atom stereocenters. The van der Waals surface area contributed by atoms with Gasteiger partial charge in [-0.2, -0.15) is 0 Å². The Hall–Kier alpha value is -1.32. The average Bonchev–Trinajstić information content (AvgIpc) is 2.54. The Balaban J connectivity index is 0.00000176. The van der Waals surface area contributed by atoms with E-state index in [1.54, 1.807) is 0 Å². The molecule has 22 heavy (non-hydrogen) atoms. The molecule has 2 nitrogen and oxygen atoms in total. The summed E-state index contributed by atoms with van der Waals surface area (Å²) in [5.74, 6) is 1.18. The van der Waals surface area contributed by atoms with E-state index >= 15 is 0 Å². The highest BCUT2D eigenvalue weighted by atomic mass is 79.9. The van der Waals surface area contributed by atoms with Crippen LogP contribution in [0.15, 0.2) is 54.6 Å². The molecule has 0 spiro atoms. The summed E-state index contributed by atoms with van der Waals surface area (Å²) in [4.78, 5) is 0. The fraction of sp³-hybridized carbons (Fsp3) is 0.278. The van der Waals surface area contributed by atoms with E-state index in [9.17, 15) is 0 Å². The van der Waals surface area contributed by atoms with Crippen LogP contribution in [0, 0.1) is 0 Å². The Morgan fingerprint density at radius 3 is 2.32 bits per heavy atom. The van der Waals surface area contributed by atoms with Crippen molar-refractivity contribution in [2.24, 2.45) is 0 Å². The Morgan fingerprint density at radius 2 is 1.64 bits per heavy atom. The molecule has 2 aromatic rings. The Kier molecular flexibility index (Phi) is 6.47. The molecule has 1 aliphatic heterocycles. The quantitative estimate of drug-likeness (QED) is 0.616. The first-order valence-corrected chi connectivity index (χ1v) is 7.91. The van der Waals surface area contributed by atoms with Crippen LogP contribution >= 0.6 is 11.6 Å². The van der Waals surface area contributed by atoms with Crippen LogP contribution in [-0.2, 0) is 0 Å². The van der Waals surface area contributed by atoms with Crippen LogP contribution in [0.4, 0.5) is 5.69 Å². The first kappa shape index (κ1) is 17.0. The summed E-state index contributed by atoms with van der Waals surface area (Å²) in [5, 5.41) is 4.32. The van der Waals surface area contributed by atoms with Gasteiger partial charge in [-0.3, -0.25) is 4.58 Å². The Bertz CT molecular complexity index is 633. The lowest BCUT2D eigenvalue weighted by molar-refractivity contribution is -0.536. The van der Waals surface area contributed by atoms with E-state index in [1.807, 2.05) is 18.2 Å². The van der Waals surface area contributed by atoms with Crippen molar-refractivity contribution in [1.29, 1.82) is 0 Å². The first-order chi connectivity index (χ1) is 10.3. The third-order valence-corrected chi connectivity index (χ3v) is 4.04. The Morgan fingerprint density at radius 1 is 0.909 bits per heavy atom. The standard InChI is InChI=1S/C18H19ClN2.BrH/c19-16-10-7-11-17(14-16)20-18(15-8-3-1-4-9-15)21-12-5-2-6-13-21;/h1,3-4,7-11,14H,2,5-6,12-13H2;1H. The number of benzene rings is 2. The minimum absolute atomic E-state index is 0. The molecular formula is C18H20BrClN2. The van der Waals surface area contributed by atoms with E-state index < -0.39 is 0 Å². The maximum Gasteiger partial charge on any atom is 0.282 e. The molecule has 0 bridgehead atoms. The molecule has 116 valence electrons. The number of halogens is 2. The lowest BCUT2D eigenvalue weighted by Gasteiger charge is -2.17. The maximum absolute atomic E-state index is 6.10. The number of hydrogen-bond acceptors (Lipinski definition) is 0. The molecule has 0 aliphatic carbocycles. The second-order valence-corrected chi connectivity index (χ2v) is 5.83. The molecule has 2 aromatic carbocycles. The second kappa shape index (κ2) is 8.35. The van der Waals surface area contributed by atoms with Crippen molar-refractivity contribution in [3.05, 3.63) is 65.2 Å². The van der Waals surface area contributed by atoms with Gasteiger partial charge >= 0.3 is 0 Å². The third-order valence-electron chi connectivity index (χ3n) is 3.81. The highest BCUT2D eigenvalue weighted by molar-refractivity contribution is 6.31. The van der Waals surface area contributed by atoms with Gasteiger partial charge in [0.2, 0.25) is 0 Å². The van der Waals surface area contributed by atoms with Gasteiger partial charge in [0, 0.05) is 11.1 Å². The second-order valence-electron chi connectivity index (χ2n) is 5.40. The number of anilines is 1. The van der Waals surface area contributed by atoms with E-state index in [-0.39, 0.29) is 17.0 Å². The summed E-state index contributed by atoms with van der Waals surface area (Å²) in [6.07, 6.45) is 3.84. The summed E-state index contributed by atoms with van der Waals surface area (Å²) in [5.41, 5.74) is 2.26. The van der Waals surface area contributed by atoms with Crippen molar-refractivity contribution in [3.63, 3.8) is 0 Å². The van der Waals surface area contributed by atoms with Gasteiger partial charge in [-0.25, -0.2) is 5.32 Å². The molecule has 1 fully saturated rings. The number of rotatable bonds is 2. The third kappa shape index (κ3) is 4.34. The van der Waals surface area contributed by atoms with E-state index in [1.165, 1.54) is 30.7 Å². The molecule has 3 rings (SSSR count). The lowest BCUT2D eigenvalue weighted by atomic mass is 10.1. The van der Waals surface area contributed by atoms with E-state index in [0.29, 0.717) is 0 Å². The van der Waals surface area contributed by atoms with E-state index in [2.05, 4.69) is 46.3 Å². The van der Waals surface area contributed by atoms with Crippen LogP contribution in [-0.4, -0.2) is 23.5 Å². The van der Waals surface area contributed by atoms with Crippen molar-refractivity contribution in [3.8, 4) is 0 Å². The molecule has 0 saturated carbocycles. The minimum atomic E-state index is 0.